The number of halogens is 4. The van der Waals surface area contributed by atoms with E-state index < -0.39 is 11.7 Å². The molecule has 1 amide bonds. The van der Waals surface area contributed by atoms with Crippen LogP contribution in [-0.2, 0) is 17.4 Å². The first-order chi connectivity index (χ1) is 12.8. The molecule has 0 radical (unpaired) electrons. The molecule has 0 saturated carbocycles. The van der Waals surface area contributed by atoms with Gasteiger partial charge in [-0.25, -0.2) is 4.39 Å². The molecule has 8 heteroatoms. The van der Waals surface area contributed by atoms with Crippen molar-refractivity contribution in [1.29, 1.82) is 0 Å². The van der Waals surface area contributed by atoms with E-state index in [0.29, 0.717) is 23.3 Å². The van der Waals surface area contributed by atoms with Gasteiger partial charge in [0.1, 0.15) is 5.82 Å². The second kappa shape index (κ2) is 7.61. The third-order valence-electron chi connectivity index (χ3n) is 3.87. The molecule has 4 nitrogen and oxygen atoms in total. The van der Waals surface area contributed by atoms with Crippen molar-refractivity contribution in [1.82, 2.24) is 5.16 Å². The van der Waals surface area contributed by atoms with Gasteiger partial charge in [0, 0.05) is 23.2 Å². The maximum Gasteiger partial charge on any atom is 0.416 e. The van der Waals surface area contributed by atoms with E-state index in [1.54, 1.807) is 12.1 Å². The fourth-order valence-electron chi connectivity index (χ4n) is 2.49. The second-order valence-corrected chi connectivity index (χ2v) is 5.81. The number of carbonyl (C=O) groups excluding carboxylic acids is 1. The number of rotatable bonds is 5. The number of aryl methyl sites for hydroxylation is 1. The van der Waals surface area contributed by atoms with E-state index in [0.717, 1.165) is 12.1 Å². The Hall–Kier alpha value is -3.16. The molecule has 0 spiro atoms. The van der Waals surface area contributed by atoms with Crippen LogP contribution in [0.15, 0.2) is 59.3 Å². The summed E-state index contributed by atoms with van der Waals surface area (Å²) in [4.78, 5) is 12.0. The van der Waals surface area contributed by atoms with E-state index in [1.165, 1.54) is 30.5 Å². The monoisotopic (exact) mass is 378 g/mol. The van der Waals surface area contributed by atoms with Gasteiger partial charge >= 0.3 is 6.18 Å². The highest BCUT2D eigenvalue weighted by atomic mass is 19.4. The minimum Gasteiger partial charge on any atom is -0.356 e. The van der Waals surface area contributed by atoms with Crippen molar-refractivity contribution in [2.75, 3.05) is 5.32 Å². The summed E-state index contributed by atoms with van der Waals surface area (Å²) < 4.78 is 55.8. The van der Waals surface area contributed by atoms with E-state index in [2.05, 4.69) is 10.5 Å². The van der Waals surface area contributed by atoms with Crippen LogP contribution < -0.4 is 5.32 Å². The average Bonchev–Trinajstić information content (AvgIpc) is 3.09. The predicted molar refractivity (Wildman–Crippen MR) is 90.3 cm³/mol. The van der Waals surface area contributed by atoms with E-state index in [1.807, 2.05) is 0 Å². The van der Waals surface area contributed by atoms with Crippen LogP contribution in [0.5, 0.6) is 0 Å². The minimum atomic E-state index is -4.42. The molecule has 3 aromatic rings. The largest absolute Gasteiger partial charge is 0.416 e. The van der Waals surface area contributed by atoms with Crippen LogP contribution in [0.4, 0.5) is 23.2 Å². The number of alkyl halides is 3. The van der Waals surface area contributed by atoms with Gasteiger partial charge in [-0.2, -0.15) is 13.2 Å². The number of amides is 1. The van der Waals surface area contributed by atoms with E-state index in [9.17, 15) is 22.4 Å². The van der Waals surface area contributed by atoms with Crippen molar-refractivity contribution in [2.45, 2.75) is 19.0 Å². The SMILES string of the molecule is O=C(CCc1cnoc1-c1ccc(F)cc1)Nc1ccc(C(F)(F)F)cc1. The van der Waals surface area contributed by atoms with Crippen molar-refractivity contribution >= 4 is 11.6 Å². The summed E-state index contributed by atoms with van der Waals surface area (Å²) in [6, 6.07) is 9.87. The number of hydrogen-bond acceptors (Lipinski definition) is 3. The lowest BCUT2D eigenvalue weighted by atomic mass is 10.1. The molecule has 0 fully saturated rings. The summed E-state index contributed by atoms with van der Waals surface area (Å²) in [7, 11) is 0. The van der Waals surface area contributed by atoms with Crippen molar-refractivity contribution in [2.24, 2.45) is 0 Å². The summed E-state index contributed by atoms with van der Waals surface area (Å²) in [5.74, 6) is -0.297. The van der Waals surface area contributed by atoms with E-state index in [4.69, 9.17) is 4.52 Å². The maximum atomic E-state index is 13.0. The van der Waals surface area contributed by atoms with E-state index >= 15 is 0 Å². The van der Waals surface area contributed by atoms with Crippen molar-refractivity contribution in [3.8, 4) is 11.3 Å². The molecular formula is C19H14F4N2O2. The molecule has 140 valence electrons. The highest BCUT2D eigenvalue weighted by molar-refractivity contribution is 5.90. The fourth-order valence-corrected chi connectivity index (χ4v) is 2.49. The third-order valence-corrected chi connectivity index (χ3v) is 3.87. The van der Waals surface area contributed by atoms with Gasteiger partial charge in [-0.1, -0.05) is 5.16 Å². The lowest BCUT2D eigenvalue weighted by Crippen LogP contribution is -2.13. The van der Waals surface area contributed by atoms with Gasteiger partial charge in [0.25, 0.3) is 0 Å². The lowest BCUT2D eigenvalue weighted by molar-refractivity contribution is -0.137. The number of nitrogens with zero attached hydrogens (tertiary/aromatic N) is 1. The Morgan fingerprint density at radius 3 is 2.33 bits per heavy atom. The molecule has 2 aromatic carbocycles. The zero-order chi connectivity index (χ0) is 19.4. The molecule has 3 rings (SSSR count). The minimum absolute atomic E-state index is 0.0798. The standard InChI is InChI=1S/C19H14F4N2O2/c20-15-6-1-12(2-7-15)18-13(11-24-27-18)3-10-17(26)25-16-8-4-14(5-9-16)19(21,22)23/h1-2,4-9,11H,3,10H2,(H,25,26). The van der Waals surface area contributed by atoms with Crippen molar-refractivity contribution in [3.63, 3.8) is 0 Å². The number of carbonyl (C=O) groups is 1. The normalized spacial score (nSPS) is 11.4. The number of benzene rings is 2. The first-order valence-electron chi connectivity index (χ1n) is 7.99. The summed E-state index contributed by atoms with van der Waals surface area (Å²) in [6.07, 6.45) is -2.56. The van der Waals surface area contributed by atoms with Crippen LogP contribution in [0.2, 0.25) is 0 Å². The van der Waals surface area contributed by atoms with Crippen LogP contribution in [0, 0.1) is 5.82 Å². The summed E-state index contributed by atoms with van der Waals surface area (Å²) in [5.41, 5.74) is 0.794. The Labute approximate surface area is 151 Å². The quantitative estimate of drug-likeness (QED) is 0.631. The highest BCUT2D eigenvalue weighted by Gasteiger charge is 2.30. The molecule has 0 aliphatic carbocycles. The first kappa shape index (κ1) is 18.6. The topological polar surface area (TPSA) is 55.1 Å². The van der Waals surface area contributed by atoms with Crippen molar-refractivity contribution < 1.29 is 26.9 Å². The molecule has 0 saturated heterocycles. The number of anilines is 1. The number of hydrogen-bond donors (Lipinski definition) is 1. The molecule has 1 N–H and O–H groups in total. The molecule has 0 aliphatic heterocycles. The zero-order valence-corrected chi connectivity index (χ0v) is 13.9. The zero-order valence-electron chi connectivity index (χ0n) is 13.9. The Morgan fingerprint density at radius 2 is 1.70 bits per heavy atom. The van der Waals surface area contributed by atoms with Gasteiger partial charge in [0.2, 0.25) is 5.91 Å². The Balaban J connectivity index is 1.60. The van der Waals surface area contributed by atoms with Gasteiger partial charge in [-0.05, 0) is 55.0 Å². The van der Waals surface area contributed by atoms with Gasteiger partial charge in [-0.3, -0.25) is 4.79 Å². The Kier molecular flexibility index (Phi) is 5.25. The molecule has 0 unspecified atom stereocenters. The highest BCUT2D eigenvalue weighted by Crippen LogP contribution is 2.30. The smallest absolute Gasteiger partial charge is 0.356 e. The number of nitrogens with one attached hydrogen (secondary N) is 1. The summed E-state index contributed by atoms with van der Waals surface area (Å²) in [6.45, 7) is 0. The third kappa shape index (κ3) is 4.72. The van der Waals surface area contributed by atoms with Crippen LogP contribution in [0.1, 0.15) is 17.5 Å². The summed E-state index contributed by atoms with van der Waals surface area (Å²) >= 11 is 0. The van der Waals surface area contributed by atoms with Gasteiger partial charge < -0.3 is 9.84 Å². The Bertz CT molecular complexity index is 916. The van der Waals surface area contributed by atoms with Gasteiger partial charge in [0.15, 0.2) is 5.76 Å². The molecular weight excluding hydrogens is 364 g/mol. The van der Waals surface area contributed by atoms with Crippen LogP contribution in [-0.4, -0.2) is 11.1 Å². The lowest BCUT2D eigenvalue weighted by Gasteiger charge is -2.09. The summed E-state index contributed by atoms with van der Waals surface area (Å²) in [5, 5.41) is 6.25. The predicted octanol–water partition coefficient (Wildman–Crippen LogP) is 5.07. The van der Waals surface area contributed by atoms with Crippen LogP contribution in [0.25, 0.3) is 11.3 Å². The molecule has 1 heterocycles. The molecule has 0 atom stereocenters. The first-order valence-corrected chi connectivity index (χ1v) is 7.99. The average molecular weight is 378 g/mol. The van der Waals surface area contributed by atoms with E-state index in [-0.39, 0.29) is 23.8 Å². The van der Waals surface area contributed by atoms with Crippen LogP contribution in [0.3, 0.4) is 0 Å². The van der Waals surface area contributed by atoms with Crippen molar-refractivity contribution in [3.05, 3.63) is 71.7 Å². The number of aromatic nitrogens is 1. The van der Waals surface area contributed by atoms with Crippen LogP contribution >= 0.6 is 0 Å². The van der Waals surface area contributed by atoms with Gasteiger partial charge in [-0.15, -0.1) is 0 Å². The second-order valence-electron chi connectivity index (χ2n) is 5.81. The molecule has 1 aromatic heterocycles. The molecule has 0 aliphatic rings. The fraction of sp³-hybridized carbons (Fsp3) is 0.158. The molecule has 0 bridgehead atoms. The maximum absolute atomic E-state index is 13.0. The van der Waals surface area contributed by atoms with Gasteiger partial charge in [0.05, 0.1) is 11.8 Å². The Morgan fingerprint density at radius 1 is 1.04 bits per heavy atom. The molecule has 27 heavy (non-hydrogen) atoms.